The van der Waals surface area contributed by atoms with Crippen LogP contribution in [0.25, 0.3) is 0 Å². The van der Waals surface area contributed by atoms with E-state index in [1.807, 2.05) is 54.4 Å². The number of benzene rings is 2. The molecule has 3 heterocycles. The van der Waals surface area contributed by atoms with Gasteiger partial charge >= 0.3 is 6.18 Å². The summed E-state index contributed by atoms with van der Waals surface area (Å²) in [5, 5.41) is 4.74. The fourth-order valence-electron chi connectivity index (χ4n) is 4.88. The predicted molar refractivity (Wildman–Crippen MR) is 147 cm³/mol. The summed E-state index contributed by atoms with van der Waals surface area (Å²) in [5.41, 5.74) is 8.75. The minimum absolute atomic E-state index is 0.0410. The van der Waals surface area contributed by atoms with Crippen LogP contribution in [0.5, 0.6) is 0 Å². The first-order chi connectivity index (χ1) is 18.0. The quantitative estimate of drug-likeness (QED) is 0.459. The zero-order chi connectivity index (χ0) is 27.2. The number of carbonyl (C=O) groups is 1. The molecule has 0 spiro atoms. The Hall–Kier alpha value is -3.57. The maximum atomic E-state index is 13.8. The van der Waals surface area contributed by atoms with Crippen molar-refractivity contribution in [3.8, 4) is 0 Å². The standard InChI is InChI=1S/C27H29F3N6OS/c1-16-4-5-19(13-23(16)36-15-32-25(31)24-22(36)7-9-38-24)33-26(37)17-10-18(27(28,29)30)12-21(11-17)35-8-6-20(14-35)34(2)3/h4-5,7,9-13,20H,6,8,14-15H2,1-3H3,(H2,31,32)(H,33,37)/t20-/m1/s1. The van der Waals surface area contributed by atoms with Crippen molar-refractivity contribution < 1.29 is 18.0 Å². The Morgan fingerprint density at radius 2 is 1.95 bits per heavy atom. The number of aryl methyl sites for hydroxylation is 1. The van der Waals surface area contributed by atoms with Crippen LogP contribution in [0.15, 0.2) is 52.8 Å². The van der Waals surface area contributed by atoms with Gasteiger partial charge in [0.1, 0.15) is 12.5 Å². The maximum absolute atomic E-state index is 13.8. The molecule has 1 saturated heterocycles. The number of anilines is 4. The summed E-state index contributed by atoms with van der Waals surface area (Å²) in [4.78, 5) is 24.5. The number of amides is 1. The van der Waals surface area contributed by atoms with Crippen molar-refractivity contribution in [3.63, 3.8) is 0 Å². The third-order valence-electron chi connectivity index (χ3n) is 7.07. The Bertz CT molecular complexity index is 1400. The molecule has 1 atom stereocenters. The largest absolute Gasteiger partial charge is 0.416 e. The Morgan fingerprint density at radius 3 is 2.66 bits per heavy atom. The van der Waals surface area contributed by atoms with Crippen LogP contribution in [-0.2, 0) is 6.18 Å². The summed E-state index contributed by atoms with van der Waals surface area (Å²) in [5.74, 6) is -0.115. The highest BCUT2D eigenvalue weighted by Crippen LogP contribution is 2.38. The molecule has 2 aromatic carbocycles. The molecule has 0 bridgehead atoms. The summed E-state index contributed by atoms with van der Waals surface area (Å²) in [6, 6.07) is 11.2. The van der Waals surface area contributed by atoms with Crippen molar-refractivity contribution >= 4 is 45.8 Å². The van der Waals surface area contributed by atoms with Crippen molar-refractivity contribution in [2.45, 2.75) is 25.6 Å². The zero-order valence-electron chi connectivity index (χ0n) is 21.3. The van der Waals surface area contributed by atoms with Gasteiger partial charge in [0, 0.05) is 41.8 Å². The van der Waals surface area contributed by atoms with Gasteiger partial charge in [-0.05, 0) is 74.8 Å². The molecule has 0 saturated carbocycles. The molecule has 2 aliphatic rings. The highest BCUT2D eigenvalue weighted by Gasteiger charge is 2.33. The number of carbonyl (C=O) groups excluding carboxylic acids is 1. The van der Waals surface area contributed by atoms with Gasteiger partial charge in [0.2, 0.25) is 0 Å². The normalized spacial score (nSPS) is 17.6. The van der Waals surface area contributed by atoms with Gasteiger partial charge in [-0.15, -0.1) is 11.3 Å². The van der Waals surface area contributed by atoms with E-state index >= 15 is 0 Å². The van der Waals surface area contributed by atoms with Gasteiger partial charge in [0.15, 0.2) is 0 Å². The van der Waals surface area contributed by atoms with Gasteiger partial charge in [-0.3, -0.25) is 4.79 Å². The monoisotopic (exact) mass is 542 g/mol. The first-order valence-electron chi connectivity index (χ1n) is 12.2. The average Bonchev–Trinajstić information content (AvgIpc) is 3.56. The van der Waals surface area contributed by atoms with Gasteiger partial charge in [-0.2, -0.15) is 13.2 Å². The van der Waals surface area contributed by atoms with E-state index in [-0.39, 0.29) is 11.6 Å². The van der Waals surface area contributed by atoms with Crippen LogP contribution in [0.4, 0.5) is 35.9 Å². The zero-order valence-corrected chi connectivity index (χ0v) is 22.2. The molecular formula is C27H29F3N6OS. The smallest absolute Gasteiger partial charge is 0.383 e. The number of alkyl halides is 3. The summed E-state index contributed by atoms with van der Waals surface area (Å²) >= 11 is 1.50. The van der Waals surface area contributed by atoms with Crippen molar-refractivity contribution in [2.24, 2.45) is 10.7 Å². The van der Waals surface area contributed by atoms with Gasteiger partial charge in [-0.25, -0.2) is 4.99 Å². The number of nitrogens with one attached hydrogen (secondary N) is 1. The van der Waals surface area contributed by atoms with Crippen molar-refractivity contribution in [2.75, 3.05) is 49.0 Å². The SMILES string of the molecule is Cc1ccc(NC(=O)c2cc(N3CC[C@@H](N(C)C)C3)cc(C(F)(F)F)c2)cc1N1CN=C(N)c2sccc21. The van der Waals surface area contributed by atoms with Crippen LogP contribution in [-0.4, -0.2) is 56.5 Å². The highest BCUT2D eigenvalue weighted by molar-refractivity contribution is 7.12. The second-order valence-electron chi connectivity index (χ2n) is 9.82. The summed E-state index contributed by atoms with van der Waals surface area (Å²) in [6.07, 6.45) is -3.73. The van der Waals surface area contributed by atoms with Crippen LogP contribution < -0.4 is 20.9 Å². The fraction of sp³-hybridized carbons (Fsp3) is 0.333. The molecule has 7 nitrogen and oxygen atoms in total. The molecule has 1 amide bonds. The number of thiophene rings is 1. The molecule has 200 valence electrons. The molecule has 3 aromatic rings. The lowest BCUT2D eigenvalue weighted by atomic mass is 10.1. The van der Waals surface area contributed by atoms with E-state index in [1.54, 1.807) is 6.07 Å². The third kappa shape index (κ3) is 5.08. The number of rotatable bonds is 5. The summed E-state index contributed by atoms with van der Waals surface area (Å²) in [7, 11) is 3.92. The lowest BCUT2D eigenvalue weighted by Gasteiger charge is -2.28. The summed E-state index contributed by atoms with van der Waals surface area (Å²) in [6.45, 7) is 3.50. The molecule has 1 fully saturated rings. The second-order valence-corrected chi connectivity index (χ2v) is 10.7. The lowest BCUT2D eigenvalue weighted by molar-refractivity contribution is -0.137. The molecule has 38 heavy (non-hydrogen) atoms. The van der Waals surface area contributed by atoms with E-state index in [1.165, 1.54) is 17.4 Å². The Kier molecular flexibility index (Phi) is 6.83. The number of likely N-dealkylation sites (N-methyl/N-ethyl adjacent to an activating group) is 1. The number of aliphatic imine (C=N–C) groups is 1. The molecule has 2 aliphatic heterocycles. The van der Waals surface area contributed by atoms with Gasteiger partial charge in [0.05, 0.1) is 16.1 Å². The average molecular weight is 543 g/mol. The maximum Gasteiger partial charge on any atom is 0.416 e. The number of hydrogen-bond acceptors (Lipinski definition) is 7. The number of fused-ring (bicyclic) bond motifs is 1. The highest BCUT2D eigenvalue weighted by atomic mass is 32.1. The Balaban J connectivity index is 1.43. The van der Waals surface area contributed by atoms with E-state index in [0.29, 0.717) is 37.0 Å². The Labute approximate surface area is 223 Å². The number of nitrogens with zero attached hydrogens (tertiary/aromatic N) is 4. The number of nitrogens with two attached hydrogens (primary N) is 1. The summed E-state index contributed by atoms with van der Waals surface area (Å²) < 4.78 is 41.3. The lowest BCUT2D eigenvalue weighted by Crippen LogP contribution is -2.31. The van der Waals surface area contributed by atoms with E-state index in [2.05, 4.69) is 15.2 Å². The van der Waals surface area contributed by atoms with Gasteiger partial charge in [-0.1, -0.05) is 6.07 Å². The molecule has 11 heteroatoms. The Morgan fingerprint density at radius 1 is 1.16 bits per heavy atom. The molecule has 0 radical (unpaired) electrons. The van der Waals surface area contributed by atoms with E-state index in [9.17, 15) is 18.0 Å². The van der Waals surface area contributed by atoms with Gasteiger partial charge < -0.3 is 25.8 Å². The van der Waals surface area contributed by atoms with E-state index in [4.69, 9.17) is 5.73 Å². The van der Waals surface area contributed by atoms with Crippen LogP contribution >= 0.6 is 11.3 Å². The fourth-order valence-corrected chi connectivity index (χ4v) is 5.69. The van der Waals surface area contributed by atoms with E-state index in [0.717, 1.165) is 40.4 Å². The van der Waals surface area contributed by atoms with Gasteiger partial charge in [0.25, 0.3) is 5.91 Å². The minimum Gasteiger partial charge on any atom is -0.383 e. The van der Waals surface area contributed by atoms with E-state index < -0.39 is 17.6 Å². The van der Waals surface area contributed by atoms with Crippen molar-refractivity contribution in [1.82, 2.24) is 4.90 Å². The van der Waals surface area contributed by atoms with Crippen LogP contribution in [0, 0.1) is 6.92 Å². The number of halogens is 3. The number of hydrogen-bond donors (Lipinski definition) is 2. The molecule has 0 aliphatic carbocycles. The molecule has 3 N–H and O–H groups in total. The third-order valence-corrected chi connectivity index (χ3v) is 8.00. The van der Waals surface area contributed by atoms with Crippen LogP contribution in [0.3, 0.4) is 0 Å². The first kappa shape index (κ1) is 26.1. The minimum atomic E-state index is -4.57. The molecular weight excluding hydrogens is 513 g/mol. The molecule has 5 rings (SSSR count). The predicted octanol–water partition coefficient (Wildman–Crippen LogP) is 5.28. The number of amidine groups is 1. The van der Waals surface area contributed by atoms with Crippen LogP contribution in [0.2, 0.25) is 0 Å². The molecule has 1 aromatic heterocycles. The second kappa shape index (κ2) is 9.95. The van der Waals surface area contributed by atoms with Crippen LogP contribution in [0.1, 0.15) is 32.8 Å². The first-order valence-corrected chi connectivity index (χ1v) is 13.1. The van der Waals surface area contributed by atoms with Crippen molar-refractivity contribution in [3.05, 3.63) is 69.4 Å². The van der Waals surface area contributed by atoms with Crippen molar-refractivity contribution in [1.29, 1.82) is 0 Å². The topological polar surface area (TPSA) is 77.2 Å². The molecule has 0 unspecified atom stereocenters.